The number of amides is 1. The Morgan fingerprint density at radius 3 is 2.74 bits per heavy atom. The number of hydrogen-bond donors (Lipinski definition) is 3. The van der Waals surface area contributed by atoms with Crippen molar-refractivity contribution in [3.8, 4) is 11.3 Å². The SMILES string of the molecule is COCCNc1noc(-c2ccc(Cl)cc2)c1C(=O)N[C@@H]1CC[C@@H](N)C1.Cl. The summed E-state index contributed by atoms with van der Waals surface area (Å²) in [4.78, 5) is 12.9. The van der Waals surface area contributed by atoms with Crippen LogP contribution in [0.2, 0.25) is 5.02 Å². The third kappa shape index (κ3) is 5.35. The lowest BCUT2D eigenvalue weighted by atomic mass is 10.1. The second kappa shape index (κ2) is 9.94. The number of benzene rings is 1. The summed E-state index contributed by atoms with van der Waals surface area (Å²) in [7, 11) is 1.61. The maximum absolute atomic E-state index is 12.9. The summed E-state index contributed by atoms with van der Waals surface area (Å²) in [5.41, 5.74) is 7.05. The zero-order valence-corrected chi connectivity index (χ0v) is 16.6. The van der Waals surface area contributed by atoms with Gasteiger partial charge in [0, 0.05) is 36.3 Å². The summed E-state index contributed by atoms with van der Waals surface area (Å²) in [6.07, 6.45) is 2.57. The van der Waals surface area contributed by atoms with Gasteiger partial charge in [0.2, 0.25) is 0 Å². The highest BCUT2D eigenvalue weighted by molar-refractivity contribution is 6.30. The Morgan fingerprint density at radius 2 is 2.11 bits per heavy atom. The van der Waals surface area contributed by atoms with Gasteiger partial charge in [-0.05, 0) is 43.5 Å². The number of rotatable bonds is 7. The zero-order chi connectivity index (χ0) is 18.5. The van der Waals surface area contributed by atoms with E-state index in [1.165, 1.54) is 0 Å². The van der Waals surface area contributed by atoms with Crippen molar-refractivity contribution in [1.82, 2.24) is 10.5 Å². The molecule has 3 rings (SSSR count). The normalized spacial score (nSPS) is 18.8. The van der Waals surface area contributed by atoms with E-state index in [2.05, 4.69) is 15.8 Å². The molecule has 2 atom stereocenters. The van der Waals surface area contributed by atoms with Gasteiger partial charge in [0.15, 0.2) is 11.6 Å². The number of hydrogen-bond acceptors (Lipinski definition) is 6. The van der Waals surface area contributed by atoms with Gasteiger partial charge in [-0.3, -0.25) is 4.79 Å². The predicted molar refractivity (Wildman–Crippen MR) is 108 cm³/mol. The fraction of sp³-hybridized carbons (Fsp3) is 0.444. The molecule has 1 aromatic heterocycles. The smallest absolute Gasteiger partial charge is 0.259 e. The molecule has 9 heteroatoms. The van der Waals surface area contributed by atoms with Crippen molar-refractivity contribution in [1.29, 1.82) is 0 Å². The topological polar surface area (TPSA) is 102 Å². The fourth-order valence-electron chi connectivity index (χ4n) is 3.10. The summed E-state index contributed by atoms with van der Waals surface area (Å²) < 4.78 is 10.5. The molecule has 0 saturated heterocycles. The van der Waals surface area contributed by atoms with Crippen LogP contribution >= 0.6 is 24.0 Å². The highest BCUT2D eigenvalue weighted by atomic mass is 35.5. The van der Waals surface area contributed by atoms with E-state index in [1.54, 1.807) is 31.4 Å². The van der Waals surface area contributed by atoms with Crippen LogP contribution < -0.4 is 16.4 Å². The predicted octanol–water partition coefficient (Wildman–Crippen LogP) is 3.08. The van der Waals surface area contributed by atoms with Crippen molar-refractivity contribution >= 4 is 35.7 Å². The van der Waals surface area contributed by atoms with Crippen LogP contribution in [0.3, 0.4) is 0 Å². The van der Waals surface area contributed by atoms with Gasteiger partial charge in [0.1, 0.15) is 5.56 Å². The van der Waals surface area contributed by atoms with E-state index in [0.29, 0.717) is 35.3 Å². The Bertz CT molecular complexity index is 752. The number of nitrogens with zero attached hydrogens (tertiary/aromatic N) is 1. The molecule has 1 aliphatic carbocycles. The van der Waals surface area contributed by atoms with Gasteiger partial charge >= 0.3 is 0 Å². The van der Waals surface area contributed by atoms with E-state index in [-0.39, 0.29) is 30.4 Å². The first-order chi connectivity index (χ1) is 12.6. The number of anilines is 1. The van der Waals surface area contributed by atoms with Crippen molar-refractivity contribution in [3.63, 3.8) is 0 Å². The summed E-state index contributed by atoms with van der Waals surface area (Å²) in [5.74, 6) is 0.573. The van der Waals surface area contributed by atoms with Crippen LogP contribution in [-0.4, -0.2) is 43.4 Å². The first kappa shape index (κ1) is 21.5. The quantitative estimate of drug-likeness (QED) is 0.601. The van der Waals surface area contributed by atoms with Crippen LogP contribution in [0.5, 0.6) is 0 Å². The van der Waals surface area contributed by atoms with Crippen LogP contribution in [0.15, 0.2) is 28.8 Å². The molecule has 0 aliphatic heterocycles. The van der Waals surface area contributed by atoms with E-state index in [1.807, 2.05) is 0 Å². The monoisotopic (exact) mass is 414 g/mol. The minimum atomic E-state index is -0.227. The number of aromatic nitrogens is 1. The van der Waals surface area contributed by atoms with E-state index >= 15 is 0 Å². The summed E-state index contributed by atoms with van der Waals surface area (Å²) in [6.45, 7) is 0.999. The summed E-state index contributed by atoms with van der Waals surface area (Å²) >= 11 is 5.95. The molecule has 4 N–H and O–H groups in total. The number of carbonyl (C=O) groups excluding carboxylic acids is 1. The molecule has 0 spiro atoms. The van der Waals surface area contributed by atoms with Crippen molar-refractivity contribution in [2.24, 2.45) is 5.73 Å². The fourth-order valence-corrected chi connectivity index (χ4v) is 3.22. The van der Waals surface area contributed by atoms with Gasteiger partial charge in [-0.2, -0.15) is 0 Å². The van der Waals surface area contributed by atoms with Crippen LogP contribution in [0, 0.1) is 0 Å². The Kier molecular flexibility index (Phi) is 7.91. The van der Waals surface area contributed by atoms with Crippen molar-refractivity contribution in [3.05, 3.63) is 34.9 Å². The van der Waals surface area contributed by atoms with Gasteiger partial charge in [-0.15, -0.1) is 12.4 Å². The molecule has 1 amide bonds. The highest BCUT2D eigenvalue weighted by Crippen LogP contribution is 2.30. The van der Waals surface area contributed by atoms with Crippen LogP contribution in [-0.2, 0) is 4.74 Å². The standard InChI is InChI=1S/C18H23ClN4O3.ClH/c1-25-9-8-21-17-15(18(24)22-14-7-6-13(20)10-14)16(26-23-17)11-2-4-12(19)5-3-11;/h2-5,13-14H,6-10,20H2,1H3,(H,21,23)(H,22,24);1H/t13-,14-;/m1./s1. The third-order valence-corrected chi connectivity index (χ3v) is 4.68. The summed E-state index contributed by atoms with van der Waals surface area (Å²) in [5, 5.41) is 10.8. The number of nitrogens with one attached hydrogen (secondary N) is 2. The van der Waals surface area contributed by atoms with Crippen LogP contribution in [0.1, 0.15) is 29.6 Å². The molecule has 0 unspecified atom stereocenters. The van der Waals surface area contributed by atoms with E-state index in [0.717, 1.165) is 24.8 Å². The van der Waals surface area contributed by atoms with Crippen molar-refractivity contribution < 1.29 is 14.1 Å². The Balaban J connectivity index is 0.00000261. The lowest BCUT2D eigenvalue weighted by molar-refractivity contribution is 0.0938. The molecule has 1 heterocycles. The molecule has 27 heavy (non-hydrogen) atoms. The minimum absolute atomic E-state index is 0. The first-order valence-electron chi connectivity index (χ1n) is 8.63. The molecule has 1 aromatic carbocycles. The van der Waals surface area contributed by atoms with E-state index in [9.17, 15) is 4.79 Å². The molecule has 2 aromatic rings. The molecular formula is C18H24Cl2N4O3. The second-order valence-corrected chi connectivity index (χ2v) is 6.84. The summed E-state index contributed by atoms with van der Waals surface area (Å²) in [6, 6.07) is 7.29. The van der Waals surface area contributed by atoms with E-state index in [4.69, 9.17) is 26.6 Å². The number of carbonyl (C=O) groups is 1. The second-order valence-electron chi connectivity index (χ2n) is 6.41. The largest absolute Gasteiger partial charge is 0.383 e. The van der Waals surface area contributed by atoms with Gasteiger partial charge in [0.25, 0.3) is 5.91 Å². The lowest BCUT2D eigenvalue weighted by Crippen LogP contribution is -2.34. The Hall–Kier alpha value is -1.80. The van der Waals surface area contributed by atoms with Crippen LogP contribution in [0.4, 0.5) is 5.82 Å². The molecule has 148 valence electrons. The maximum atomic E-state index is 12.9. The maximum Gasteiger partial charge on any atom is 0.259 e. The molecule has 7 nitrogen and oxygen atoms in total. The Morgan fingerprint density at radius 1 is 1.37 bits per heavy atom. The lowest BCUT2D eigenvalue weighted by Gasteiger charge is -2.13. The Labute approximate surface area is 169 Å². The molecule has 0 bridgehead atoms. The molecular weight excluding hydrogens is 391 g/mol. The molecule has 1 fully saturated rings. The number of methoxy groups -OCH3 is 1. The number of nitrogens with two attached hydrogens (primary N) is 1. The van der Waals surface area contributed by atoms with Gasteiger partial charge in [-0.1, -0.05) is 16.8 Å². The van der Waals surface area contributed by atoms with Crippen molar-refractivity contribution in [2.45, 2.75) is 31.3 Å². The van der Waals surface area contributed by atoms with Gasteiger partial charge < -0.3 is 25.6 Å². The molecule has 1 aliphatic rings. The number of ether oxygens (including phenoxy) is 1. The average Bonchev–Trinajstić information content (AvgIpc) is 3.22. The molecule has 1 saturated carbocycles. The minimum Gasteiger partial charge on any atom is -0.383 e. The highest BCUT2D eigenvalue weighted by Gasteiger charge is 2.28. The van der Waals surface area contributed by atoms with Crippen molar-refractivity contribution in [2.75, 3.05) is 25.6 Å². The zero-order valence-electron chi connectivity index (χ0n) is 15.0. The average molecular weight is 415 g/mol. The van der Waals surface area contributed by atoms with Crippen LogP contribution in [0.25, 0.3) is 11.3 Å². The third-order valence-electron chi connectivity index (χ3n) is 4.43. The molecule has 0 radical (unpaired) electrons. The van der Waals surface area contributed by atoms with Gasteiger partial charge in [-0.25, -0.2) is 0 Å². The van der Waals surface area contributed by atoms with Gasteiger partial charge in [0.05, 0.1) is 6.61 Å². The van der Waals surface area contributed by atoms with E-state index < -0.39 is 0 Å². The number of halogens is 2. The first-order valence-corrected chi connectivity index (χ1v) is 9.01.